The van der Waals surface area contributed by atoms with Crippen LogP contribution >= 0.6 is 0 Å². The first-order valence-corrected chi connectivity index (χ1v) is 11.0. The van der Waals surface area contributed by atoms with Crippen LogP contribution in [0.2, 0.25) is 0 Å². The normalized spacial score (nSPS) is 11.3. The fourth-order valence-corrected chi connectivity index (χ4v) is 3.22. The predicted octanol–water partition coefficient (Wildman–Crippen LogP) is 7.40. The zero-order valence-electron chi connectivity index (χ0n) is 18.3. The molecule has 0 bridgehead atoms. The molecule has 0 aromatic heterocycles. The number of rotatable bonds is 14. The molecule has 0 N–H and O–H groups in total. The van der Waals surface area contributed by atoms with Crippen LogP contribution in [0, 0.1) is 0 Å². The largest absolute Gasteiger partial charge is 0.493 e. The van der Waals surface area contributed by atoms with Crippen molar-refractivity contribution in [3.63, 3.8) is 0 Å². The molecule has 2 rings (SSSR count). The van der Waals surface area contributed by atoms with Crippen molar-refractivity contribution in [2.75, 3.05) is 13.7 Å². The number of hydrogen-bond donors (Lipinski definition) is 0. The minimum absolute atomic E-state index is 0.697. The SMILES string of the molecule is CCCCCCCCO/C(=C/Oc1ccc(CCC)cc1OC)c1ccccc1. The summed E-state index contributed by atoms with van der Waals surface area (Å²) in [4.78, 5) is 0. The average Bonchev–Trinajstić information content (AvgIpc) is 2.76. The van der Waals surface area contributed by atoms with E-state index in [-0.39, 0.29) is 0 Å². The van der Waals surface area contributed by atoms with Crippen molar-refractivity contribution in [2.45, 2.75) is 65.2 Å². The Morgan fingerprint density at radius 2 is 1.59 bits per heavy atom. The molecule has 0 heterocycles. The topological polar surface area (TPSA) is 27.7 Å². The second-order valence-corrected chi connectivity index (χ2v) is 7.32. The fourth-order valence-electron chi connectivity index (χ4n) is 3.22. The van der Waals surface area contributed by atoms with Crippen LogP contribution < -0.4 is 9.47 Å². The smallest absolute Gasteiger partial charge is 0.168 e. The molecule has 0 amide bonds. The van der Waals surface area contributed by atoms with E-state index in [2.05, 4.69) is 19.9 Å². The molecule has 0 atom stereocenters. The number of methoxy groups -OCH3 is 1. The van der Waals surface area contributed by atoms with E-state index in [1.165, 1.54) is 37.7 Å². The molecule has 0 aliphatic rings. The minimum Gasteiger partial charge on any atom is -0.493 e. The minimum atomic E-state index is 0.697. The van der Waals surface area contributed by atoms with Gasteiger partial charge in [-0.2, -0.15) is 0 Å². The Morgan fingerprint density at radius 3 is 2.31 bits per heavy atom. The van der Waals surface area contributed by atoms with Crippen LogP contribution in [0.25, 0.3) is 5.76 Å². The van der Waals surface area contributed by atoms with Crippen LogP contribution in [0.15, 0.2) is 54.8 Å². The molecule has 0 saturated heterocycles. The second kappa shape index (κ2) is 13.7. The molecule has 0 saturated carbocycles. The third-order valence-electron chi connectivity index (χ3n) is 4.87. The summed E-state index contributed by atoms with van der Waals surface area (Å²) in [6.45, 7) is 5.11. The second-order valence-electron chi connectivity index (χ2n) is 7.32. The van der Waals surface area contributed by atoms with Gasteiger partial charge >= 0.3 is 0 Å². The van der Waals surface area contributed by atoms with Crippen LogP contribution in [0.4, 0.5) is 0 Å². The molecule has 0 aliphatic heterocycles. The molecule has 0 spiro atoms. The van der Waals surface area contributed by atoms with Gasteiger partial charge in [-0.25, -0.2) is 0 Å². The van der Waals surface area contributed by atoms with Gasteiger partial charge in [-0.3, -0.25) is 0 Å². The fraction of sp³-hybridized carbons (Fsp3) is 0.462. The van der Waals surface area contributed by atoms with Crippen LogP contribution in [-0.4, -0.2) is 13.7 Å². The van der Waals surface area contributed by atoms with Crippen LogP contribution in [0.5, 0.6) is 11.5 Å². The molecular formula is C26H36O3. The Hall–Kier alpha value is -2.42. The van der Waals surface area contributed by atoms with E-state index in [1.807, 2.05) is 42.5 Å². The Bertz CT molecular complexity index is 722. The first kappa shape index (κ1) is 22.9. The molecular weight excluding hydrogens is 360 g/mol. The van der Waals surface area contributed by atoms with Crippen molar-refractivity contribution in [3.8, 4) is 11.5 Å². The lowest BCUT2D eigenvalue weighted by molar-refractivity contribution is 0.258. The summed E-state index contributed by atoms with van der Waals surface area (Å²) < 4.78 is 17.6. The van der Waals surface area contributed by atoms with E-state index in [9.17, 15) is 0 Å². The summed E-state index contributed by atoms with van der Waals surface area (Å²) in [6, 6.07) is 16.2. The lowest BCUT2D eigenvalue weighted by Gasteiger charge is -2.13. The summed E-state index contributed by atoms with van der Waals surface area (Å²) in [7, 11) is 1.68. The van der Waals surface area contributed by atoms with Crippen molar-refractivity contribution in [1.82, 2.24) is 0 Å². The highest BCUT2D eigenvalue weighted by Crippen LogP contribution is 2.30. The van der Waals surface area contributed by atoms with Crippen molar-refractivity contribution in [1.29, 1.82) is 0 Å². The van der Waals surface area contributed by atoms with E-state index < -0.39 is 0 Å². The summed E-state index contributed by atoms with van der Waals surface area (Å²) >= 11 is 0. The standard InChI is InChI=1S/C26H36O3/c1-4-6-7-8-9-13-19-28-26(23-15-11-10-12-16-23)21-29-24-18-17-22(14-5-2)20-25(24)27-3/h10-12,15-18,20-21H,4-9,13-14,19H2,1-3H3/b26-21+. The van der Waals surface area contributed by atoms with E-state index in [4.69, 9.17) is 14.2 Å². The van der Waals surface area contributed by atoms with Crippen molar-refractivity contribution < 1.29 is 14.2 Å². The van der Waals surface area contributed by atoms with Crippen LogP contribution in [0.1, 0.15) is 69.9 Å². The first-order chi connectivity index (χ1) is 14.3. The Kier molecular flexibility index (Phi) is 10.8. The van der Waals surface area contributed by atoms with Gasteiger partial charge in [0.05, 0.1) is 13.7 Å². The Balaban J connectivity index is 2.02. The van der Waals surface area contributed by atoms with Crippen LogP contribution in [-0.2, 0) is 11.2 Å². The molecule has 0 unspecified atom stereocenters. The van der Waals surface area contributed by atoms with E-state index in [1.54, 1.807) is 13.4 Å². The Labute approximate surface area is 176 Å². The highest BCUT2D eigenvalue weighted by molar-refractivity contribution is 5.59. The molecule has 3 nitrogen and oxygen atoms in total. The summed E-state index contributed by atoms with van der Waals surface area (Å²) in [6.07, 6.45) is 11.3. The number of hydrogen-bond acceptors (Lipinski definition) is 3. The zero-order chi connectivity index (χ0) is 20.7. The predicted molar refractivity (Wildman–Crippen MR) is 121 cm³/mol. The van der Waals surface area contributed by atoms with Crippen molar-refractivity contribution in [3.05, 3.63) is 65.9 Å². The Morgan fingerprint density at radius 1 is 0.828 bits per heavy atom. The molecule has 2 aromatic rings. The molecule has 0 aliphatic carbocycles. The van der Waals surface area contributed by atoms with E-state index in [0.717, 1.165) is 36.3 Å². The third kappa shape index (κ3) is 8.23. The van der Waals surface area contributed by atoms with Gasteiger partial charge in [0.2, 0.25) is 0 Å². The summed E-state index contributed by atoms with van der Waals surface area (Å²) in [5, 5.41) is 0. The van der Waals surface area contributed by atoms with Gasteiger partial charge in [0.1, 0.15) is 6.26 Å². The van der Waals surface area contributed by atoms with Gasteiger partial charge in [0.15, 0.2) is 17.3 Å². The highest BCUT2D eigenvalue weighted by Gasteiger charge is 2.08. The number of unbranched alkanes of at least 4 members (excludes halogenated alkanes) is 5. The van der Waals surface area contributed by atoms with Crippen LogP contribution in [0.3, 0.4) is 0 Å². The molecule has 0 radical (unpaired) electrons. The van der Waals surface area contributed by atoms with Crippen molar-refractivity contribution >= 4 is 5.76 Å². The van der Waals surface area contributed by atoms with Gasteiger partial charge in [0.25, 0.3) is 0 Å². The number of aryl methyl sites for hydroxylation is 1. The lowest BCUT2D eigenvalue weighted by Crippen LogP contribution is -1.99. The maximum Gasteiger partial charge on any atom is 0.168 e. The van der Waals surface area contributed by atoms with Gasteiger partial charge in [0, 0.05) is 5.56 Å². The molecule has 0 fully saturated rings. The molecule has 158 valence electrons. The third-order valence-corrected chi connectivity index (χ3v) is 4.87. The molecule has 29 heavy (non-hydrogen) atoms. The monoisotopic (exact) mass is 396 g/mol. The lowest BCUT2D eigenvalue weighted by atomic mass is 10.1. The van der Waals surface area contributed by atoms with E-state index >= 15 is 0 Å². The average molecular weight is 397 g/mol. The number of ether oxygens (including phenoxy) is 3. The van der Waals surface area contributed by atoms with Gasteiger partial charge < -0.3 is 14.2 Å². The number of benzene rings is 2. The summed E-state index contributed by atoms with van der Waals surface area (Å²) in [5.74, 6) is 2.19. The quantitative estimate of drug-likeness (QED) is 0.246. The van der Waals surface area contributed by atoms with Gasteiger partial charge in [-0.05, 0) is 30.5 Å². The van der Waals surface area contributed by atoms with Gasteiger partial charge in [-0.15, -0.1) is 0 Å². The van der Waals surface area contributed by atoms with E-state index in [0.29, 0.717) is 12.4 Å². The zero-order valence-corrected chi connectivity index (χ0v) is 18.3. The van der Waals surface area contributed by atoms with Gasteiger partial charge in [-0.1, -0.05) is 88.8 Å². The molecule has 3 heteroatoms. The van der Waals surface area contributed by atoms with Crippen molar-refractivity contribution in [2.24, 2.45) is 0 Å². The summed E-state index contributed by atoms with van der Waals surface area (Å²) in [5.41, 5.74) is 2.27. The highest BCUT2D eigenvalue weighted by atomic mass is 16.5. The molecule has 2 aromatic carbocycles. The maximum atomic E-state index is 6.09. The first-order valence-electron chi connectivity index (χ1n) is 11.0. The maximum absolute atomic E-state index is 6.09.